The molecule has 0 aliphatic carbocycles. The molecule has 0 saturated carbocycles. The van der Waals surface area contributed by atoms with Crippen molar-refractivity contribution in [1.29, 1.82) is 0 Å². The maximum Gasteiger partial charge on any atom is 0.271 e. The largest absolute Gasteiger partial charge is 0.506 e. The summed E-state index contributed by atoms with van der Waals surface area (Å²) in [5.74, 6) is 0.669. The van der Waals surface area contributed by atoms with Gasteiger partial charge >= 0.3 is 0 Å². The molecule has 6 heteroatoms. The second kappa shape index (κ2) is 5.18. The maximum atomic E-state index is 12.3. The Bertz CT molecular complexity index is 759. The Morgan fingerprint density at radius 3 is 2.68 bits per heavy atom. The Balaban J connectivity index is 1.69. The molecule has 22 heavy (non-hydrogen) atoms. The molecule has 1 atom stereocenters. The van der Waals surface area contributed by atoms with E-state index in [1.54, 1.807) is 12.1 Å². The van der Waals surface area contributed by atoms with Crippen molar-refractivity contribution in [3.05, 3.63) is 39.8 Å². The normalized spacial score (nSPS) is 27.2. The van der Waals surface area contributed by atoms with Crippen LogP contribution in [0, 0.1) is 5.92 Å². The molecule has 4 heterocycles. The average Bonchev–Trinajstić information content (AvgIpc) is 2.93. The van der Waals surface area contributed by atoms with E-state index in [-0.39, 0.29) is 16.3 Å². The van der Waals surface area contributed by atoms with Gasteiger partial charge in [0.25, 0.3) is 5.56 Å². The fourth-order valence-corrected chi connectivity index (χ4v) is 3.90. The van der Waals surface area contributed by atoms with Crippen LogP contribution in [0.3, 0.4) is 0 Å². The molecule has 5 nitrogen and oxygen atoms in total. The van der Waals surface area contributed by atoms with E-state index in [2.05, 4.69) is 10.00 Å². The van der Waals surface area contributed by atoms with E-state index in [0.29, 0.717) is 17.5 Å². The minimum absolute atomic E-state index is 0.0265. The van der Waals surface area contributed by atoms with Gasteiger partial charge in [0.1, 0.15) is 5.75 Å². The molecule has 3 fully saturated rings. The molecule has 3 aliphatic heterocycles. The summed E-state index contributed by atoms with van der Waals surface area (Å²) in [5, 5.41) is 12.7. The van der Waals surface area contributed by atoms with Crippen molar-refractivity contribution in [3.63, 3.8) is 0 Å². The van der Waals surface area contributed by atoms with E-state index in [4.69, 9.17) is 11.6 Å². The van der Waals surface area contributed by atoms with Crippen LogP contribution < -0.4 is 5.56 Å². The number of phenolic OH excluding ortho intramolecular Hbond substituents is 1. The van der Waals surface area contributed by atoms with Crippen molar-refractivity contribution in [3.8, 4) is 16.9 Å². The second-order valence-electron chi connectivity index (χ2n) is 6.26. The SMILES string of the molecule is O=c1[nH]n(C2CN3CCC2CC3)cc1-c1ccc(O)c(Cl)c1. The van der Waals surface area contributed by atoms with Crippen LogP contribution in [0.2, 0.25) is 5.02 Å². The lowest BCUT2D eigenvalue weighted by Crippen LogP contribution is -2.48. The van der Waals surface area contributed by atoms with Gasteiger partial charge in [0.2, 0.25) is 0 Å². The average molecular weight is 320 g/mol. The molecule has 1 aromatic carbocycles. The summed E-state index contributed by atoms with van der Waals surface area (Å²) in [6.45, 7) is 3.35. The lowest BCUT2D eigenvalue weighted by Gasteiger charge is -2.44. The van der Waals surface area contributed by atoms with Crippen LogP contribution >= 0.6 is 11.6 Å². The van der Waals surface area contributed by atoms with Crippen LogP contribution in [0.4, 0.5) is 0 Å². The molecular formula is C16H18ClN3O2. The third-order valence-corrected chi connectivity index (χ3v) is 5.28. The van der Waals surface area contributed by atoms with Gasteiger partial charge in [0.05, 0.1) is 16.6 Å². The van der Waals surface area contributed by atoms with Crippen molar-refractivity contribution in [2.24, 2.45) is 5.92 Å². The number of aromatic amines is 1. The number of nitrogens with one attached hydrogen (secondary N) is 1. The highest BCUT2D eigenvalue weighted by Crippen LogP contribution is 2.35. The van der Waals surface area contributed by atoms with Crippen molar-refractivity contribution in [1.82, 2.24) is 14.7 Å². The van der Waals surface area contributed by atoms with E-state index < -0.39 is 0 Å². The maximum absolute atomic E-state index is 12.3. The third-order valence-electron chi connectivity index (χ3n) is 4.98. The van der Waals surface area contributed by atoms with E-state index in [0.717, 1.165) is 12.1 Å². The smallest absolute Gasteiger partial charge is 0.271 e. The van der Waals surface area contributed by atoms with Gasteiger partial charge in [-0.3, -0.25) is 14.6 Å². The van der Waals surface area contributed by atoms with Crippen molar-refractivity contribution in [2.45, 2.75) is 18.9 Å². The molecule has 5 rings (SSSR count). The third kappa shape index (κ3) is 2.25. The summed E-state index contributed by atoms with van der Waals surface area (Å²) in [6.07, 6.45) is 4.29. The van der Waals surface area contributed by atoms with E-state index in [9.17, 15) is 9.90 Å². The van der Waals surface area contributed by atoms with Gasteiger partial charge < -0.3 is 10.0 Å². The first-order valence-electron chi connectivity index (χ1n) is 7.64. The number of H-pyrrole nitrogens is 1. The highest BCUT2D eigenvalue weighted by atomic mass is 35.5. The number of hydrogen-bond donors (Lipinski definition) is 2. The molecule has 116 valence electrons. The zero-order valence-electron chi connectivity index (χ0n) is 12.1. The van der Waals surface area contributed by atoms with Crippen LogP contribution in [0.1, 0.15) is 18.9 Å². The molecule has 3 saturated heterocycles. The van der Waals surface area contributed by atoms with E-state index in [1.165, 1.54) is 32.0 Å². The highest BCUT2D eigenvalue weighted by Gasteiger charge is 2.35. The molecule has 1 aromatic heterocycles. The van der Waals surface area contributed by atoms with Crippen LogP contribution in [-0.4, -0.2) is 39.4 Å². The van der Waals surface area contributed by atoms with Gasteiger partial charge in [-0.05, 0) is 49.5 Å². The molecule has 0 spiro atoms. The topological polar surface area (TPSA) is 61.3 Å². The number of hydrogen-bond acceptors (Lipinski definition) is 3. The Morgan fingerprint density at radius 2 is 2.05 bits per heavy atom. The number of fused-ring (bicyclic) bond motifs is 3. The number of phenols is 1. The molecule has 0 radical (unpaired) electrons. The molecular weight excluding hydrogens is 302 g/mol. The van der Waals surface area contributed by atoms with Gasteiger partial charge in [-0.2, -0.15) is 0 Å². The Kier molecular flexibility index (Phi) is 3.27. The zero-order valence-corrected chi connectivity index (χ0v) is 12.9. The first-order chi connectivity index (χ1) is 10.6. The first-order valence-corrected chi connectivity index (χ1v) is 8.02. The quantitative estimate of drug-likeness (QED) is 0.894. The summed E-state index contributed by atoms with van der Waals surface area (Å²) >= 11 is 5.95. The molecule has 3 aliphatic rings. The number of halogens is 1. The Morgan fingerprint density at radius 1 is 1.27 bits per heavy atom. The van der Waals surface area contributed by atoms with Gasteiger partial charge in [0, 0.05) is 12.7 Å². The lowest BCUT2D eigenvalue weighted by molar-refractivity contribution is 0.0511. The number of benzene rings is 1. The first kappa shape index (κ1) is 13.9. The fourth-order valence-electron chi connectivity index (χ4n) is 3.72. The number of aromatic nitrogens is 2. The molecule has 2 aromatic rings. The van der Waals surface area contributed by atoms with E-state index in [1.807, 2.05) is 10.9 Å². The van der Waals surface area contributed by atoms with Crippen molar-refractivity contribution >= 4 is 11.6 Å². The van der Waals surface area contributed by atoms with Gasteiger partial charge in [-0.25, -0.2) is 0 Å². The van der Waals surface area contributed by atoms with Crippen molar-refractivity contribution in [2.75, 3.05) is 19.6 Å². The van der Waals surface area contributed by atoms with E-state index >= 15 is 0 Å². The van der Waals surface area contributed by atoms with Crippen LogP contribution in [0.15, 0.2) is 29.2 Å². The number of aromatic hydroxyl groups is 1. The summed E-state index contributed by atoms with van der Waals surface area (Å²) < 4.78 is 1.97. The second-order valence-corrected chi connectivity index (χ2v) is 6.67. The number of piperidine rings is 3. The Labute approximate surface area is 133 Å². The van der Waals surface area contributed by atoms with Gasteiger partial charge in [-0.1, -0.05) is 17.7 Å². The molecule has 2 N–H and O–H groups in total. The summed E-state index contributed by atoms with van der Waals surface area (Å²) in [7, 11) is 0. The van der Waals surface area contributed by atoms with Crippen LogP contribution in [0.25, 0.3) is 11.1 Å². The van der Waals surface area contributed by atoms with Gasteiger partial charge in [0.15, 0.2) is 0 Å². The standard InChI is InChI=1S/C16H18ClN3O2/c17-13-7-11(1-2-15(13)21)12-8-20(18-16(12)22)14-9-19-5-3-10(14)4-6-19/h1-2,7-8,10,14,21H,3-6,9H2,(H,18,22). The van der Waals surface area contributed by atoms with Crippen molar-refractivity contribution < 1.29 is 5.11 Å². The number of rotatable bonds is 2. The minimum atomic E-state index is -0.113. The zero-order chi connectivity index (χ0) is 15.3. The summed E-state index contributed by atoms with van der Waals surface area (Å²) in [6, 6.07) is 5.20. The molecule has 2 bridgehead atoms. The Hall–Kier alpha value is -1.72. The monoisotopic (exact) mass is 319 g/mol. The summed E-state index contributed by atoms with van der Waals surface area (Å²) in [4.78, 5) is 14.7. The fraction of sp³-hybridized carbons (Fsp3) is 0.438. The number of nitrogens with zero attached hydrogens (tertiary/aromatic N) is 2. The van der Waals surface area contributed by atoms with Gasteiger partial charge in [-0.15, -0.1) is 0 Å². The van der Waals surface area contributed by atoms with Crippen LogP contribution in [0.5, 0.6) is 5.75 Å². The lowest BCUT2D eigenvalue weighted by atomic mass is 9.84. The summed E-state index contributed by atoms with van der Waals surface area (Å²) in [5.41, 5.74) is 1.21. The minimum Gasteiger partial charge on any atom is -0.506 e. The molecule has 1 unspecified atom stereocenters. The highest BCUT2D eigenvalue weighted by molar-refractivity contribution is 6.32. The van der Waals surface area contributed by atoms with Crippen LogP contribution in [-0.2, 0) is 0 Å². The predicted molar refractivity (Wildman–Crippen MR) is 85.4 cm³/mol. The predicted octanol–water partition coefficient (Wildman–Crippen LogP) is 2.47. The molecule has 0 amide bonds.